The van der Waals surface area contributed by atoms with Gasteiger partial charge >= 0.3 is 5.97 Å². The van der Waals surface area contributed by atoms with Crippen molar-refractivity contribution in [2.45, 2.75) is 18.9 Å². The Hall–Kier alpha value is -2.44. The molecule has 3 N–H and O–H groups in total. The van der Waals surface area contributed by atoms with Gasteiger partial charge in [-0.1, -0.05) is 0 Å². The first-order valence-corrected chi connectivity index (χ1v) is 5.86. The van der Waals surface area contributed by atoms with E-state index in [0.29, 0.717) is 13.0 Å². The van der Waals surface area contributed by atoms with Crippen LogP contribution in [-0.2, 0) is 4.79 Å². The molecule has 0 saturated carbocycles. The van der Waals surface area contributed by atoms with Gasteiger partial charge in [0, 0.05) is 12.7 Å². The molecule has 0 aromatic carbocycles. The lowest BCUT2D eigenvalue weighted by atomic mass is 10.1. The van der Waals surface area contributed by atoms with E-state index in [1.54, 1.807) is 0 Å². The van der Waals surface area contributed by atoms with Gasteiger partial charge in [-0.3, -0.25) is 9.59 Å². The van der Waals surface area contributed by atoms with E-state index in [1.807, 2.05) is 0 Å². The number of carboxylic acid groups (broad SMARTS) is 1. The van der Waals surface area contributed by atoms with Gasteiger partial charge in [0.2, 0.25) is 5.91 Å². The molecule has 2 heterocycles. The average Bonchev–Trinajstić information content (AvgIpc) is 2.41. The van der Waals surface area contributed by atoms with Gasteiger partial charge in [0.15, 0.2) is 0 Å². The minimum atomic E-state index is -1.15. The number of hydrogen-bond donors (Lipinski definition) is 3. The van der Waals surface area contributed by atoms with Crippen molar-refractivity contribution in [3.05, 3.63) is 29.6 Å². The molecule has 0 radical (unpaired) electrons. The summed E-state index contributed by atoms with van der Waals surface area (Å²) < 4.78 is 0. The van der Waals surface area contributed by atoms with E-state index in [1.165, 1.54) is 18.3 Å². The molecule has 2 rings (SSSR count). The zero-order valence-electron chi connectivity index (χ0n) is 10.0. The van der Waals surface area contributed by atoms with Gasteiger partial charge in [0.25, 0.3) is 5.91 Å². The van der Waals surface area contributed by atoms with Gasteiger partial charge in [0.05, 0.1) is 5.56 Å². The van der Waals surface area contributed by atoms with Gasteiger partial charge in [-0.05, 0) is 25.0 Å². The fraction of sp³-hybridized carbons (Fsp3) is 0.333. The molecule has 1 aromatic heterocycles. The fourth-order valence-corrected chi connectivity index (χ4v) is 1.81. The minimum absolute atomic E-state index is 0.132. The third kappa shape index (κ3) is 3.06. The first kappa shape index (κ1) is 13.0. The first-order chi connectivity index (χ1) is 9.08. The summed E-state index contributed by atoms with van der Waals surface area (Å²) in [6.45, 7) is 0.625. The summed E-state index contributed by atoms with van der Waals surface area (Å²) >= 11 is 0. The number of hydrogen-bond acceptors (Lipinski definition) is 4. The molecule has 0 bridgehead atoms. The van der Waals surface area contributed by atoms with E-state index in [-0.39, 0.29) is 17.2 Å². The molecule has 100 valence electrons. The normalized spacial score (nSPS) is 18.5. The van der Waals surface area contributed by atoms with Crippen LogP contribution in [0.25, 0.3) is 0 Å². The van der Waals surface area contributed by atoms with Crippen molar-refractivity contribution in [3.8, 4) is 0 Å². The number of nitrogens with one attached hydrogen (secondary N) is 2. The monoisotopic (exact) mass is 263 g/mol. The lowest BCUT2D eigenvalue weighted by Gasteiger charge is -2.22. The highest BCUT2D eigenvalue weighted by molar-refractivity contribution is 5.98. The van der Waals surface area contributed by atoms with Crippen LogP contribution in [0.2, 0.25) is 0 Å². The summed E-state index contributed by atoms with van der Waals surface area (Å²) in [6, 6.07) is 2.07. The maximum atomic E-state index is 11.9. The molecule has 1 fully saturated rings. The summed E-state index contributed by atoms with van der Waals surface area (Å²) in [5.41, 5.74) is 0.0929. The van der Waals surface area contributed by atoms with Crippen LogP contribution in [0.15, 0.2) is 18.3 Å². The van der Waals surface area contributed by atoms with Crippen LogP contribution in [0.5, 0.6) is 0 Å². The van der Waals surface area contributed by atoms with E-state index in [0.717, 1.165) is 6.42 Å². The topological polar surface area (TPSA) is 108 Å². The lowest BCUT2D eigenvalue weighted by Crippen LogP contribution is -2.50. The van der Waals surface area contributed by atoms with Crippen LogP contribution < -0.4 is 10.6 Å². The Morgan fingerprint density at radius 3 is 2.79 bits per heavy atom. The highest BCUT2D eigenvalue weighted by Crippen LogP contribution is 2.06. The van der Waals surface area contributed by atoms with Crippen LogP contribution >= 0.6 is 0 Å². The van der Waals surface area contributed by atoms with Crippen LogP contribution in [-0.4, -0.2) is 40.5 Å². The number of aromatic carboxylic acids is 1. The molecule has 7 nitrogen and oxygen atoms in total. The molecule has 2 amide bonds. The number of carboxylic acids is 1. The molecule has 1 aliphatic heterocycles. The molecule has 1 saturated heterocycles. The van der Waals surface area contributed by atoms with Crippen LogP contribution in [0.3, 0.4) is 0 Å². The summed E-state index contributed by atoms with van der Waals surface area (Å²) in [4.78, 5) is 37.6. The minimum Gasteiger partial charge on any atom is -0.477 e. The molecule has 0 aliphatic carbocycles. The number of piperidine rings is 1. The maximum absolute atomic E-state index is 11.9. The van der Waals surface area contributed by atoms with Gasteiger partial charge in [-0.15, -0.1) is 0 Å². The average molecular weight is 263 g/mol. The van der Waals surface area contributed by atoms with Crippen molar-refractivity contribution in [2.75, 3.05) is 6.54 Å². The SMILES string of the molecule is O=C(NC1CCCNC1=O)c1ccc(C(=O)O)nc1. The van der Waals surface area contributed by atoms with Crippen molar-refractivity contribution in [2.24, 2.45) is 0 Å². The summed E-state index contributed by atoms with van der Waals surface area (Å²) in [5.74, 6) is -1.79. The number of nitrogens with zero attached hydrogens (tertiary/aromatic N) is 1. The second kappa shape index (κ2) is 5.47. The number of carbonyl (C=O) groups excluding carboxylic acids is 2. The van der Waals surface area contributed by atoms with Crippen LogP contribution in [0, 0.1) is 0 Å². The molecule has 0 spiro atoms. The van der Waals surface area contributed by atoms with E-state index in [4.69, 9.17) is 5.11 Å². The van der Waals surface area contributed by atoms with Crippen molar-refractivity contribution in [1.29, 1.82) is 0 Å². The molecule has 1 aromatic rings. The summed E-state index contributed by atoms with van der Waals surface area (Å²) in [7, 11) is 0. The Bertz CT molecular complexity index is 512. The Morgan fingerprint density at radius 2 is 2.21 bits per heavy atom. The number of rotatable bonds is 3. The standard InChI is InChI=1S/C12H13N3O4/c16-10(15-8-2-1-5-13-11(8)17)7-3-4-9(12(18)19)14-6-7/h3-4,6,8H,1-2,5H2,(H,13,17)(H,15,16)(H,18,19). The van der Waals surface area contributed by atoms with E-state index < -0.39 is 17.9 Å². The summed E-state index contributed by atoms with van der Waals surface area (Å²) in [5, 5.41) is 14.0. The van der Waals surface area contributed by atoms with E-state index in [9.17, 15) is 14.4 Å². The van der Waals surface area contributed by atoms with Crippen molar-refractivity contribution >= 4 is 17.8 Å². The third-order valence-electron chi connectivity index (χ3n) is 2.84. The Kier molecular flexibility index (Phi) is 3.74. The van der Waals surface area contributed by atoms with Crippen molar-refractivity contribution in [3.63, 3.8) is 0 Å². The Labute approximate surface area is 109 Å². The van der Waals surface area contributed by atoms with Crippen molar-refractivity contribution in [1.82, 2.24) is 15.6 Å². The van der Waals surface area contributed by atoms with E-state index in [2.05, 4.69) is 15.6 Å². The summed E-state index contributed by atoms with van der Waals surface area (Å²) in [6.07, 6.45) is 2.59. The van der Waals surface area contributed by atoms with Gasteiger partial charge in [0.1, 0.15) is 11.7 Å². The molecular formula is C12H13N3O4. The van der Waals surface area contributed by atoms with Crippen molar-refractivity contribution < 1.29 is 19.5 Å². The Morgan fingerprint density at radius 1 is 1.42 bits per heavy atom. The third-order valence-corrected chi connectivity index (χ3v) is 2.84. The Balaban J connectivity index is 2.03. The van der Waals surface area contributed by atoms with Crippen LogP contribution in [0.4, 0.5) is 0 Å². The smallest absolute Gasteiger partial charge is 0.354 e. The highest BCUT2D eigenvalue weighted by atomic mass is 16.4. The number of pyridine rings is 1. The van der Waals surface area contributed by atoms with Crippen LogP contribution in [0.1, 0.15) is 33.7 Å². The number of aromatic nitrogens is 1. The highest BCUT2D eigenvalue weighted by Gasteiger charge is 2.24. The fourth-order valence-electron chi connectivity index (χ4n) is 1.81. The molecule has 1 aliphatic rings. The lowest BCUT2D eigenvalue weighted by molar-refractivity contribution is -0.124. The second-order valence-corrected chi connectivity index (χ2v) is 4.20. The maximum Gasteiger partial charge on any atom is 0.354 e. The van der Waals surface area contributed by atoms with Gasteiger partial charge < -0.3 is 15.7 Å². The largest absolute Gasteiger partial charge is 0.477 e. The second-order valence-electron chi connectivity index (χ2n) is 4.20. The van der Waals surface area contributed by atoms with Gasteiger partial charge in [-0.2, -0.15) is 0 Å². The predicted molar refractivity (Wildman–Crippen MR) is 64.7 cm³/mol. The quantitative estimate of drug-likeness (QED) is 0.699. The first-order valence-electron chi connectivity index (χ1n) is 5.86. The molecule has 1 atom stereocenters. The molecule has 1 unspecified atom stereocenters. The zero-order valence-corrected chi connectivity index (χ0v) is 10.0. The number of carbonyl (C=O) groups is 3. The van der Waals surface area contributed by atoms with Gasteiger partial charge in [-0.25, -0.2) is 9.78 Å². The molecular weight excluding hydrogens is 250 g/mol. The molecule has 19 heavy (non-hydrogen) atoms. The predicted octanol–water partition coefficient (Wildman–Crippen LogP) is -0.212. The zero-order chi connectivity index (χ0) is 13.8. The molecule has 7 heteroatoms. The van der Waals surface area contributed by atoms with E-state index >= 15 is 0 Å². The number of amides is 2.